The molecular weight excluding hydrogens is 324 g/mol. The van der Waals surface area contributed by atoms with Gasteiger partial charge in [-0.1, -0.05) is 41.9 Å². The molecule has 0 bridgehead atoms. The molecule has 2 aromatic carbocycles. The van der Waals surface area contributed by atoms with Crippen LogP contribution in [0, 0.1) is 0 Å². The van der Waals surface area contributed by atoms with Crippen LogP contribution in [0.2, 0.25) is 5.02 Å². The second-order valence-electron chi connectivity index (χ2n) is 5.91. The van der Waals surface area contributed by atoms with Crippen molar-refractivity contribution < 1.29 is 9.59 Å². The number of para-hydroxylation sites is 1. The second-order valence-corrected chi connectivity index (χ2v) is 6.34. The minimum atomic E-state index is -0.467. The Morgan fingerprint density at radius 2 is 1.88 bits per heavy atom. The third-order valence-electron chi connectivity index (χ3n) is 4.24. The summed E-state index contributed by atoms with van der Waals surface area (Å²) in [5.74, 6) is -0.229. The van der Waals surface area contributed by atoms with Gasteiger partial charge in [0, 0.05) is 30.6 Å². The number of halogens is 1. The molecule has 5 heteroatoms. The van der Waals surface area contributed by atoms with Crippen LogP contribution in [0.4, 0.5) is 5.69 Å². The van der Waals surface area contributed by atoms with Crippen LogP contribution in [0.3, 0.4) is 0 Å². The van der Waals surface area contributed by atoms with Crippen LogP contribution in [-0.2, 0) is 22.4 Å². The number of hydrogen-bond donors (Lipinski definition) is 1. The Morgan fingerprint density at radius 3 is 2.58 bits per heavy atom. The van der Waals surface area contributed by atoms with Crippen molar-refractivity contribution in [2.24, 2.45) is 0 Å². The molecule has 124 valence electrons. The lowest BCUT2D eigenvalue weighted by Crippen LogP contribution is -2.47. The van der Waals surface area contributed by atoms with Crippen LogP contribution in [0.5, 0.6) is 0 Å². The van der Waals surface area contributed by atoms with Crippen LogP contribution in [-0.4, -0.2) is 24.4 Å². The fourth-order valence-electron chi connectivity index (χ4n) is 3.08. The van der Waals surface area contributed by atoms with Crippen LogP contribution in [0.1, 0.15) is 18.1 Å². The molecule has 3 rings (SSSR count). The fraction of sp³-hybridized carbons (Fsp3) is 0.263. The van der Waals surface area contributed by atoms with Gasteiger partial charge in [0.05, 0.1) is 0 Å². The van der Waals surface area contributed by atoms with Gasteiger partial charge in [-0.2, -0.15) is 0 Å². The standard InChI is InChI=1S/C19H19ClN2O2/c1-13(23)22-17-5-3-2-4-15(17)12-18(22)19(24)21-11-10-14-6-8-16(20)9-7-14/h2-9,18H,10-12H2,1H3,(H,21,24)/t18-/m1/s1. The monoisotopic (exact) mass is 342 g/mol. The molecule has 0 aliphatic carbocycles. The van der Waals surface area contributed by atoms with Gasteiger partial charge in [-0.3, -0.25) is 14.5 Å². The molecular formula is C19H19ClN2O2. The van der Waals surface area contributed by atoms with Gasteiger partial charge in [0.25, 0.3) is 0 Å². The highest BCUT2D eigenvalue weighted by molar-refractivity contribution is 6.30. The predicted octanol–water partition coefficient (Wildman–Crippen LogP) is 2.98. The molecule has 1 heterocycles. The maximum Gasteiger partial charge on any atom is 0.243 e. The first-order chi connectivity index (χ1) is 11.6. The summed E-state index contributed by atoms with van der Waals surface area (Å²) >= 11 is 5.86. The Labute approximate surface area is 146 Å². The lowest BCUT2D eigenvalue weighted by Gasteiger charge is -2.23. The van der Waals surface area contributed by atoms with E-state index in [0.717, 1.165) is 23.2 Å². The molecule has 1 aliphatic rings. The van der Waals surface area contributed by atoms with Gasteiger partial charge in [-0.25, -0.2) is 0 Å². The number of anilines is 1. The maximum absolute atomic E-state index is 12.5. The maximum atomic E-state index is 12.5. The molecule has 0 radical (unpaired) electrons. The van der Waals surface area contributed by atoms with E-state index in [9.17, 15) is 9.59 Å². The second kappa shape index (κ2) is 7.05. The normalized spacial score (nSPS) is 15.9. The third kappa shape index (κ3) is 3.44. The van der Waals surface area contributed by atoms with Crippen molar-refractivity contribution in [3.63, 3.8) is 0 Å². The first-order valence-corrected chi connectivity index (χ1v) is 8.34. The molecule has 0 saturated carbocycles. The van der Waals surface area contributed by atoms with Gasteiger partial charge < -0.3 is 5.32 Å². The molecule has 0 fully saturated rings. The van der Waals surface area contributed by atoms with Crippen LogP contribution in [0.25, 0.3) is 0 Å². The summed E-state index contributed by atoms with van der Waals surface area (Å²) in [6.45, 7) is 2.02. The van der Waals surface area contributed by atoms with Crippen molar-refractivity contribution >= 4 is 29.1 Å². The van der Waals surface area contributed by atoms with Crippen LogP contribution >= 0.6 is 11.6 Å². The highest BCUT2D eigenvalue weighted by atomic mass is 35.5. The minimum Gasteiger partial charge on any atom is -0.354 e. The van der Waals surface area contributed by atoms with Crippen molar-refractivity contribution in [1.29, 1.82) is 0 Å². The Bertz CT molecular complexity index is 758. The summed E-state index contributed by atoms with van der Waals surface area (Å²) in [6.07, 6.45) is 1.28. The molecule has 1 N–H and O–H groups in total. The molecule has 1 aliphatic heterocycles. The number of fused-ring (bicyclic) bond motifs is 1. The lowest BCUT2D eigenvalue weighted by molar-refractivity contribution is -0.125. The van der Waals surface area contributed by atoms with E-state index in [1.54, 1.807) is 4.90 Å². The molecule has 4 nitrogen and oxygen atoms in total. The molecule has 0 unspecified atom stereocenters. The van der Waals surface area contributed by atoms with E-state index in [4.69, 9.17) is 11.6 Å². The van der Waals surface area contributed by atoms with Gasteiger partial charge >= 0.3 is 0 Å². The molecule has 0 spiro atoms. The number of hydrogen-bond acceptors (Lipinski definition) is 2. The number of benzene rings is 2. The zero-order chi connectivity index (χ0) is 17.1. The molecule has 1 atom stereocenters. The van der Waals surface area contributed by atoms with E-state index in [-0.39, 0.29) is 11.8 Å². The van der Waals surface area contributed by atoms with Crippen molar-refractivity contribution in [2.45, 2.75) is 25.8 Å². The summed E-state index contributed by atoms with van der Waals surface area (Å²) in [4.78, 5) is 26.1. The minimum absolute atomic E-state index is 0.113. The number of carbonyl (C=O) groups excluding carboxylic acids is 2. The van der Waals surface area contributed by atoms with Gasteiger partial charge in [0.2, 0.25) is 11.8 Å². The summed E-state index contributed by atoms with van der Waals surface area (Å²) in [7, 11) is 0. The lowest BCUT2D eigenvalue weighted by atomic mass is 10.1. The van der Waals surface area contributed by atoms with E-state index < -0.39 is 6.04 Å². The first kappa shape index (κ1) is 16.5. The van der Waals surface area contributed by atoms with Crippen molar-refractivity contribution in [3.05, 3.63) is 64.7 Å². The Balaban J connectivity index is 1.62. The summed E-state index contributed by atoms with van der Waals surface area (Å²) < 4.78 is 0. The average Bonchev–Trinajstić information content (AvgIpc) is 2.96. The molecule has 2 aromatic rings. The fourth-order valence-corrected chi connectivity index (χ4v) is 3.21. The summed E-state index contributed by atoms with van der Waals surface area (Å²) in [5, 5.41) is 3.64. The third-order valence-corrected chi connectivity index (χ3v) is 4.50. The summed E-state index contributed by atoms with van der Waals surface area (Å²) in [5.41, 5.74) is 2.98. The number of carbonyl (C=O) groups is 2. The Morgan fingerprint density at radius 1 is 1.17 bits per heavy atom. The zero-order valence-electron chi connectivity index (χ0n) is 13.5. The van der Waals surface area contributed by atoms with Crippen molar-refractivity contribution in [2.75, 3.05) is 11.4 Å². The van der Waals surface area contributed by atoms with E-state index in [1.165, 1.54) is 6.92 Å². The van der Waals surface area contributed by atoms with Gasteiger partial charge in [-0.15, -0.1) is 0 Å². The number of nitrogens with zero attached hydrogens (tertiary/aromatic N) is 1. The van der Waals surface area contributed by atoms with E-state index in [1.807, 2.05) is 48.5 Å². The smallest absolute Gasteiger partial charge is 0.243 e. The van der Waals surface area contributed by atoms with Crippen LogP contribution in [0.15, 0.2) is 48.5 Å². The predicted molar refractivity (Wildman–Crippen MR) is 95.3 cm³/mol. The first-order valence-electron chi connectivity index (χ1n) is 7.96. The van der Waals surface area contributed by atoms with E-state index in [2.05, 4.69) is 5.32 Å². The molecule has 2 amide bonds. The number of nitrogens with one attached hydrogen (secondary N) is 1. The highest BCUT2D eigenvalue weighted by Crippen LogP contribution is 2.32. The average molecular weight is 343 g/mol. The Hall–Kier alpha value is -2.33. The SMILES string of the molecule is CC(=O)N1c2ccccc2C[C@@H]1C(=O)NCCc1ccc(Cl)cc1. The molecule has 24 heavy (non-hydrogen) atoms. The molecule has 0 aromatic heterocycles. The van der Waals surface area contributed by atoms with E-state index >= 15 is 0 Å². The Kier molecular flexibility index (Phi) is 4.86. The van der Waals surface area contributed by atoms with E-state index in [0.29, 0.717) is 18.0 Å². The summed E-state index contributed by atoms with van der Waals surface area (Å²) in [6, 6.07) is 14.8. The zero-order valence-corrected chi connectivity index (χ0v) is 14.2. The highest BCUT2D eigenvalue weighted by Gasteiger charge is 2.36. The van der Waals surface area contributed by atoms with Crippen molar-refractivity contribution in [1.82, 2.24) is 5.32 Å². The van der Waals surface area contributed by atoms with Crippen LogP contribution < -0.4 is 10.2 Å². The van der Waals surface area contributed by atoms with Crippen molar-refractivity contribution in [3.8, 4) is 0 Å². The van der Waals surface area contributed by atoms with Gasteiger partial charge in [0.15, 0.2) is 0 Å². The van der Waals surface area contributed by atoms with Gasteiger partial charge in [0.1, 0.15) is 6.04 Å². The molecule has 0 saturated heterocycles. The topological polar surface area (TPSA) is 49.4 Å². The largest absolute Gasteiger partial charge is 0.354 e. The number of rotatable bonds is 4. The number of amides is 2. The van der Waals surface area contributed by atoms with Gasteiger partial charge in [-0.05, 0) is 35.7 Å². The quantitative estimate of drug-likeness (QED) is 0.928.